The Balaban J connectivity index is 2.14. The summed E-state index contributed by atoms with van der Waals surface area (Å²) in [6, 6.07) is 7.09. The van der Waals surface area contributed by atoms with E-state index in [4.69, 9.17) is 4.74 Å². The van der Waals surface area contributed by atoms with Crippen LogP contribution in [0.15, 0.2) is 36.5 Å². The van der Waals surface area contributed by atoms with Gasteiger partial charge >= 0.3 is 5.97 Å². The first-order valence-electron chi connectivity index (χ1n) is 9.96. The summed E-state index contributed by atoms with van der Waals surface area (Å²) in [6.07, 6.45) is -0.926. The van der Waals surface area contributed by atoms with Crippen LogP contribution < -0.4 is 0 Å². The number of carboxylic acid groups (broad SMARTS) is 1. The van der Waals surface area contributed by atoms with Gasteiger partial charge in [0.2, 0.25) is 6.17 Å². The fourth-order valence-electron chi connectivity index (χ4n) is 4.29. The normalized spacial score (nSPS) is 13.2. The summed E-state index contributed by atoms with van der Waals surface area (Å²) >= 11 is 0. The zero-order valence-electron chi connectivity index (χ0n) is 17.7. The van der Waals surface area contributed by atoms with E-state index in [0.717, 1.165) is 17.5 Å². The minimum absolute atomic E-state index is 0.226. The molecule has 0 unspecified atom stereocenters. The number of methoxy groups -OCH3 is 1. The number of aliphatic carboxylic acids is 1. The first-order chi connectivity index (χ1) is 15.1. The number of fused-ring (bicyclic) bond motifs is 2. The molecule has 2 N–H and O–H groups in total. The van der Waals surface area contributed by atoms with Gasteiger partial charge in [0.05, 0.1) is 23.8 Å². The van der Waals surface area contributed by atoms with Gasteiger partial charge in [-0.2, -0.15) is 5.10 Å². The number of nitrogens with zero attached hydrogens (tertiary/aromatic N) is 2. The minimum atomic E-state index is -2.14. The molecule has 1 atom stereocenters. The first kappa shape index (κ1) is 21.9. The van der Waals surface area contributed by atoms with Crippen LogP contribution in [0.1, 0.15) is 25.1 Å². The lowest BCUT2D eigenvalue weighted by molar-refractivity contribution is -0.142. The molecular formula is C23H22F3N3O3. The first-order valence-corrected chi connectivity index (χ1v) is 9.96. The molecule has 4 rings (SSSR count). The predicted molar refractivity (Wildman–Crippen MR) is 114 cm³/mol. The van der Waals surface area contributed by atoms with E-state index in [1.165, 1.54) is 13.2 Å². The van der Waals surface area contributed by atoms with Crippen molar-refractivity contribution in [3.8, 4) is 5.69 Å². The molecule has 2 aromatic heterocycles. The topological polar surface area (TPSA) is 80.1 Å². The van der Waals surface area contributed by atoms with Crippen LogP contribution >= 0.6 is 0 Å². The number of hydrogen-bond donors (Lipinski definition) is 2. The Morgan fingerprint density at radius 2 is 2.00 bits per heavy atom. The van der Waals surface area contributed by atoms with Crippen molar-refractivity contribution in [3.63, 3.8) is 0 Å². The van der Waals surface area contributed by atoms with E-state index >= 15 is 0 Å². The number of carbonyl (C=O) groups is 1. The zero-order chi connectivity index (χ0) is 23.2. The van der Waals surface area contributed by atoms with Gasteiger partial charge in [-0.1, -0.05) is 13.8 Å². The number of alkyl halides is 1. The Morgan fingerprint density at radius 1 is 1.25 bits per heavy atom. The Hall–Kier alpha value is -3.33. The molecule has 0 spiro atoms. The lowest BCUT2D eigenvalue weighted by Gasteiger charge is -2.28. The maximum Gasteiger partial charge on any atom is 0.338 e. The number of benzene rings is 2. The molecule has 2 aromatic carbocycles. The zero-order valence-corrected chi connectivity index (χ0v) is 17.7. The van der Waals surface area contributed by atoms with E-state index in [1.807, 2.05) is 13.8 Å². The van der Waals surface area contributed by atoms with E-state index in [9.17, 15) is 23.1 Å². The summed E-state index contributed by atoms with van der Waals surface area (Å²) < 4.78 is 49.5. The quantitative estimate of drug-likeness (QED) is 0.433. The summed E-state index contributed by atoms with van der Waals surface area (Å²) in [5.41, 5.74) is 1.90. The van der Waals surface area contributed by atoms with Gasteiger partial charge in [0.1, 0.15) is 0 Å². The highest BCUT2D eigenvalue weighted by Gasteiger charge is 2.33. The van der Waals surface area contributed by atoms with Crippen molar-refractivity contribution in [1.29, 1.82) is 0 Å². The lowest BCUT2D eigenvalue weighted by Crippen LogP contribution is -2.29. The van der Waals surface area contributed by atoms with Gasteiger partial charge in [-0.3, -0.25) is 5.10 Å². The van der Waals surface area contributed by atoms with Crippen molar-refractivity contribution < 1.29 is 27.8 Å². The molecule has 4 aromatic rings. The molecule has 32 heavy (non-hydrogen) atoms. The number of aromatic amines is 1. The molecule has 0 saturated carbocycles. The minimum Gasteiger partial charge on any atom is -0.479 e. The van der Waals surface area contributed by atoms with E-state index < -0.39 is 35.6 Å². The molecule has 6 nitrogen and oxygen atoms in total. The van der Waals surface area contributed by atoms with Gasteiger partial charge in [0, 0.05) is 47.2 Å². The van der Waals surface area contributed by atoms with Gasteiger partial charge < -0.3 is 14.4 Å². The number of aromatic nitrogens is 3. The third-order valence-corrected chi connectivity index (χ3v) is 5.59. The molecule has 0 amide bonds. The summed E-state index contributed by atoms with van der Waals surface area (Å²) in [6.45, 7) is 3.96. The number of carboxylic acids is 1. The number of halogens is 3. The average molecular weight is 445 g/mol. The molecule has 0 aliphatic rings. The number of hydrogen-bond acceptors (Lipinski definition) is 3. The van der Waals surface area contributed by atoms with Crippen molar-refractivity contribution >= 4 is 27.8 Å². The van der Waals surface area contributed by atoms with Crippen molar-refractivity contribution in [2.75, 3.05) is 13.7 Å². The fraction of sp³-hybridized carbons (Fsp3) is 0.304. The molecule has 0 fully saturated rings. The highest BCUT2D eigenvalue weighted by Crippen LogP contribution is 2.40. The van der Waals surface area contributed by atoms with Gasteiger partial charge in [0.15, 0.2) is 11.6 Å². The largest absolute Gasteiger partial charge is 0.479 e. The van der Waals surface area contributed by atoms with Crippen LogP contribution in [-0.4, -0.2) is 45.7 Å². The third-order valence-electron chi connectivity index (χ3n) is 5.59. The molecule has 168 valence electrons. The molecule has 0 aliphatic carbocycles. The maximum atomic E-state index is 14.5. The van der Waals surface area contributed by atoms with Crippen LogP contribution in [0.2, 0.25) is 0 Å². The van der Waals surface area contributed by atoms with Gasteiger partial charge in [-0.15, -0.1) is 0 Å². The number of H-pyrrole nitrogens is 1. The summed E-state index contributed by atoms with van der Waals surface area (Å²) in [4.78, 5) is 11.3. The van der Waals surface area contributed by atoms with E-state index in [-0.39, 0.29) is 6.61 Å². The molecule has 0 saturated heterocycles. The Morgan fingerprint density at radius 3 is 2.66 bits per heavy atom. The molecular weight excluding hydrogens is 423 g/mol. The number of nitrogens with one attached hydrogen (secondary N) is 1. The second kappa shape index (κ2) is 7.98. The highest BCUT2D eigenvalue weighted by atomic mass is 19.2. The van der Waals surface area contributed by atoms with Gasteiger partial charge in [0.25, 0.3) is 0 Å². The summed E-state index contributed by atoms with van der Waals surface area (Å²) in [5.74, 6) is -3.59. The summed E-state index contributed by atoms with van der Waals surface area (Å²) in [5, 5.41) is 17.5. The molecule has 0 aliphatic heterocycles. The maximum absolute atomic E-state index is 14.5. The second-order valence-corrected chi connectivity index (χ2v) is 8.41. The molecule has 9 heteroatoms. The van der Waals surface area contributed by atoms with Crippen LogP contribution in [-0.2, 0) is 21.4 Å². The summed E-state index contributed by atoms with van der Waals surface area (Å²) in [7, 11) is 1.52. The SMILES string of the molecule is COCC(C)(C)c1c(C[C@@H](F)C(=O)O)c2cc3[nH]ncc3cc2n1-c1ccc(F)c(F)c1. The predicted octanol–water partition coefficient (Wildman–Crippen LogP) is 4.67. The van der Waals surface area contributed by atoms with Crippen molar-refractivity contribution in [3.05, 3.63) is 59.4 Å². The number of rotatable bonds is 7. The standard InChI is InChI=1S/C23H22F3N3O3/c1-23(2,11-32-3)21-15(8-18(26)22(30)31)14-9-19-12(10-27-28-19)6-20(14)29(21)13-4-5-16(24)17(25)7-13/h4-7,9-10,18H,8,11H2,1-3H3,(H,27,28)(H,30,31)/t18-/m1/s1. The van der Waals surface area contributed by atoms with Gasteiger partial charge in [-0.05, 0) is 29.8 Å². The van der Waals surface area contributed by atoms with Crippen LogP contribution in [0.25, 0.3) is 27.5 Å². The fourth-order valence-corrected chi connectivity index (χ4v) is 4.29. The van der Waals surface area contributed by atoms with E-state index in [2.05, 4.69) is 10.2 Å². The highest BCUT2D eigenvalue weighted by molar-refractivity contribution is 5.99. The second-order valence-electron chi connectivity index (χ2n) is 8.41. The average Bonchev–Trinajstić information content (AvgIpc) is 3.30. The molecule has 2 heterocycles. The van der Waals surface area contributed by atoms with Crippen LogP contribution in [0, 0.1) is 11.6 Å². The van der Waals surface area contributed by atoms with Gasteiger partial charge in [-0.25, -0.2) is 18.0 Å². The lowest BCUT2D eigenvalue weighted by atomic mass is 9.85. The van der Waals surface area contributed by atoms with E-state index in [1.54, 1.807) is 22.9 Å². The van der Waals surface area contributed by atoms with E-state index in [0.29, 0.717) is 33.4 Å². The third kappa shape index (κ3) is 3.62. The Labute approximate surface area is 181 Å². The van der Waals surface area contributed by atoms with Crippen molar-refractivity contribution in [2.45, 2.75) is 31.9 Å². The Kier molecular flexibility index (Phi) is 5.46. The van der Waals surface area contributed by atoms with Crippen molar-refractivity contribution in [1.82, 2.24) is 14.8 Å². The smallest absolute Gasteiger partial charge is 0.338 e. The van der Waals surface area contributed by atoms with Crippen LogP contribution in [0.4, 0.5) is 13.2 Å². The van der Waals surface area contributed by atoms with Crippen LogP contribution in [0.5, 0.6) is 0 Å². The van der Waals surface area contributed by atoms with Crippen LogP contribution in [0.3, 0.4) is 0 Å². The molecule has 0 bridgehead atoms. The number of ether oxygens (including phenoxy) is 1. The Bertz CT molecular complexity index is 1330. The monoisotopic (exact) mass is 445 g/mol. The molecule has 0 radical (unpaired) electrons. The van der Waals surface area contributed by atoms with Crippen molar-refractivity contribution in [2.24, 2.45) is 0 Å².